The molecule has 0 unspecified atom stereocenters. The highest BCUT2D eigenvalue weighted by atomic mass is 16.5. The lowest BCUT2D eigenvalue weighted by atomic mass is 9.94. The predicted octanol–water partition coefficient (Wildman–Crippen LogP) is 3.90. The molecule has 1 saturated heterocycles. The van der Waals surface area contributed by atoms with Gasteiger partial charge in [0.15, 0.2) is 0 Å². The van der Waals surface area contributed by atoms with E-state index in [1.54, 1.807) is 6.33 Å². The lowest BCUT2D eigenvalue weighted by Gasteiger charge is -2.33. The van der Waals surface area contributed by atoms with Crippen molar-refractivity contribution in [2.45, 2.75) is 45.6 Å². The minimum atomic E-state index is -0.292. The van der Waals surface area contributed by atoms with Gasteiger partial charge in [-0.25, -0.2) is 14.8 Å². The van der Waals surface area contributed by atoms with Crippen molar-refractivity contribution in [3.8, 4) is 0 Å². The maximum atomic E-state index is 12.5. The number of fused-ring (bicyclic) bond motifs is 1. The Bertz CT molecular complexity index is 953. The summed E-state index contributed by atoms with van der Waals surface area (Å²) in [5.41, 5.74) is 3.49. The number of H-pyrrole nitrogens is 1. The summed E-state index contributed by atoms with van der Waals surface area (Å²) < 4.78 is 7.46. The number of nitrogens with one attached hydrogen (secondary N) is 1. The Hall–Kier alpha value is -2.83. The van der Waals surface area contributed by atoms with Crippen molar-refractivity contribution in [1.82, 2.24) is 19.5 Å². The molecule has 4 rings (SSSR count). The number of piperidine rings is 1. The molecule has 0 spiro atoms. The van der Waals surface area contributed by atoms with Crippen LogP contribution < -0.4 is 4.90 Å². The normalized spacial score (nSPS) is 15.5. The van der Waals surface area contributed by atoms with Crippen molar-refractivity contribution < 1.29 is 9.53 Å². The number of aromatic nitrogens is 4. The van der Waals surface area contributed by atoms with E-state index in [4.69, 9.17) is 9.72 Å². The monoisotopic (exact) mass is 381 g/mol. The fourth-order valence-corrected chi connectivity index (χ4v) is 4.10. The van der Waals surface area contributed by atoms with E-state index in [0.717, 1.165) is 42.9 Å². The van der Waals surface area contributed by atoms with Crippen LogP contribution in [0.5, 0.6) is 0 Å². The molecule has 1 aliphatic rings. The van der Waals surface area contributed by atoms with Crippen molar-refractivity contribution >= 4 is 23.0 Å². The minimum absolute atomic E-state index is 0.181. The van der Waals surface area contributed by atoms with Gasteiger partial charge < -0.3 is 19.2 Å². The Labute approximate surface area is 164 Å². The molecule has 28 heavy (non-hydrogen) atoms. The molecule has 7 nitrogen and oxygen atoms in total. The van der Waals surface area contributed by atoms with Gasteiger partial charge in [0.1, 0.15) is 0 Å². The van der Waals surface area contributed by atoms with Gasteiger partial charge in [0.25, 0.3) is 0 Å². The van der Waals surface area contributed by atoms with Gasteiger partial charge in [0.05, 0.1) is 29.5 Å². The van der Waals surface area contributed by atoms with Gasteiger partial charge in [-0.3, -0.25) is 0 Å². The first kappa shape index (κ1) is 18.5. The SMILES string of the molecule is CCOC(=O)c1cccc2nc(N3CCC(c4cnc[nH]4)CC3)n(C(C)C)c12. The molecular formula is C21H27N5O2. The van der Waals surface area contributed by atoms with Crippen molar-refractivity contribution in [2.75, 3.05) is 24.6 Å². The molecule has 1 fully saturated rings. The number of benzene rings is 1. The van der Waals surface area contributed by atoms with Crippen molar-refractivity contribution in [3.05, 3.63) is 42.0 Å². The van der Waals surface area contributed by atoms with E-state index in [2.05, 4.69) is 33.3 Å². The number of ether oxygens (including phenoxy) is 1. The van der Waals surface area contributed by atoms with Gasteiger partial charge in [-0.1, -0.05) is 6.07 Å². The molecule has 1 aromatic carbocycles. The zero-order valence-electron chi connectivity index (χ0n) is 16.7. The molecule has 0 saturated carbocycles. The van der Waals surface area contributed by atoms with Crippen LogP contribution in [0.1, 0.15) is 61.6 Å². The van der Waals surface area contributed by atoms with Crippen molar-refractivity contribution in [1.29, 1.82) is 0 Å². The molecule has 7 heteroatoms. The van der Waals surface area contributed by atoms with E-state index in [0.29, 0.717) is 18.1 Å². The van der Waals surface area contributed by atoms with Gasteiger partial charge >= 0.3 is 5.97 Å². The number of carbonyl (C=O) groups is 1. The Morgan fingerprint density at radius 1 is 1.32 bits per heavy atom. The number of nitrogens with zero attached hydrogens (tertiary/aromatic N) is 4. The van der Waals surface area contributed by atoms with Gasteiger partial charge in [-0.15, -0.1) is 0 Å². The first-order valence-corrected chi connectivity index (χ1v) is 10.0. The molecule has 148 valence electrons. The van der Waals surface area contributed by atoms with E-state index in [1.165, 1.54) is 5.69 Å². The van der Waals surface area contributed by atoms with Gasteiger partial charge in [-0.05, 0) is 45.7 Å². The second-order valence-corrected chi connectivity index (χ2v) is 7.54. The summed E-state index contributed by atoms with van der Waals surface area (Å²) in [6.45, 7) is 8.29. The maximum Gasteiger partial charge on any atom is 0.340 e. The number of imidazole rings is 2. The number of anilines is 1. The fourth-order valence-electron chi connectivity index (χ4n) is 4.10. The summed E-state index contributed by atoms with van der Waals surface area (Å²) in [5, 5.41) is 0. The summed E-state index contributed by atoms with van der Waals surface area (Å²) in [4.78, 5) is 27.1. The quantitative estimate of drug-likeness (QED) is 0.678. The molecule has 0 bridgehead atoms. The minimum Gasteiger partial charge on any atom is -0.462 e. The molecule has 1 N–H and O–H groups in total. The first-order valence-electron chi connectivity index (χ1n) is 10.0. The predicted molar refractivity (Wildman–Crippen MR) is 109 cm³/mol. The smallest absolute Gasteiger partial charge is 0.340 e. The van der Waals surface area contributed by atoms with Crippen LogP contribution in [0.4, 0.5) is 5.95 Å². The molecule has 1 aliphatic heterocycles. The van der Waals surface area contributed by atoms with Crippen molar-refractivity contribution in [2.24, 2.45) is 0 Å². The van der Waals surface area contributed by atoms with Crippen LogP contribution >= 0.6 is 0 Å². The molecule has 0 amide bonds. The third-order valence-corrected chi connectivity index (χ3v) is 5.44. The first-order chi connectivity index (χ1) is 13.6. The van der Waals surface area contributed by atoms with Gasteiger partial charge in [0, 0.05) is 36.9 Å². The Kier molecular flexibility index (Phi) is 5.07. The van der Waals surface area contributed by atoms with Crippen LogP contribution in [0, 0.1) is 0 Å². The fraction of sp³-hybridized carbons (Fsp3) is 0.476. The second-order valence-electron chi connectivity index (χ2n) is 7.54. The molecule has 0 atom stereocenters. The molecule has 0 radical (unpaired) electrons. The Balaban J connectivity index is 1.69. The number of aromatic amines is 1. The lowest BCUT2D eigenvalue weighted by Crippen LogP contribution is -2.35. The average Bonchev–Trinajstić information content (AvgIpc) is 3.36. The van der Waals surface area contributed by atoms with Gasteiger partial charge in [0.2, 0.25) is 5.95 Å². The maximum absolute atomic E-state index is 12.5. The largest absolute Gasteiger partial charge is 0.462 e. The highest BCUT2D eigenvalue weighted by molar-refractivity contribution is 6.03. The van der Waals surface area contributed by atoms with Gasteiger partial charge in [-0.2, -0.15) is 0 Å². The Morgan fingerprint density at radius 3 is 2.75 bits per heavy atom. The molecule has 3 aromatic rings. The van der Waals surface area contributed by atoms with Crippen molar-refractivity contribution in [3.63, 3.8) is 0 Å². The van der Waals surface area contributed by atoms with E-state index in [1.807, 2.05) is 31.3 Å². The zero-order chi connectivity index (χ0) is 19.7. The zero-order valence-corrected chi connectivity index (χ0v) is 16.7. The molecular weight excluding hydrogens is 354 g/mol. The van der Waals surface area contributed by atoms with Crippen LogP contribution in [-0.4, -0.2) is 45.2 Å². The van der Waals surface area contributed by atoms with Crippen LogP contribution in [0.25, 0.3) is 11.0 Å². The molecule has 0 aliphatic carbocycles. The molecule has 2 aromatic heterocycles. The second kappa shape index (κ2) is 7.66. The van der Waals surface area contributed by atoms with Crippen LogP contribution in [0.15, 0.2) is 30.7 Å². The number of esters is 1. The number of carbonyl (C=O) groups excluding carboxylic acids is 1. The van der Waals surface area contributed by atoms with E-state index >= 15 is 0 Å². The standard InChI is InChI=1S/C21H27N5O2/c1-4-28-20(27)16-6-5-7-17-19(16)26(14(2)3)21(24-17)25-10-8-15(9-11-25)18-12-22-13-23-18/h5-7,12-15H,4,8-11H2,1-3H3,(H,22,23). The third-order valence-electron chi connectivity index (χ3n) is 5.44. The van der Waals surface area contributed by atoms with Crippen LogP contribution in [0.2, 0.25) is 0 Å². The number of hydrogen-bond donors (Lipinski definition) is 1. The summed E-state index contributed by atoms with van der Waals surface area (Å²) >= 11 is 0. The lowest BCUT2D eigenvalue weighted by molar-refractivity contribution is 0.0528. The highest BCUT2D eigenvalue weighted by Crippen LogP contribution is 2.33. The summed E-state index contributed by atoms with van der Waals surface area (Å²) in [5.74, 6) is 1.15. The summed E-state index contributed by atoms with van der Waals surface area (Å²) in [6, 6.07) is 5.86. The van der Waals surface area contributed by atoms with Crippen LogP contribution in [-0.2, 0) is 4.74 Å². The number of hydrogen-bond acceptors (Lipinski definition) is 5. The summed E-state index contributed by atoms with van der Waals surface area (Å²) in [7, 11) is 0. The Morgan fingerprint density at radius 2 is 2.11 bits per heavy atom. The van der Waals surface area contributed by atoms with E-state index in [-0.39, 0.29) is 12.0 Å². The highest BCUT2D eigenvalue weighted by Gasteiger charge is 2.27. The number of rotatable bonds is 5. The average molecular weight is 381 g/mol. The van der Waals surface area contributed by atoms with E-state index < -0.39 is 0 Å². The third kappa shape index (κ3) is 3.25. The topological polar surface area (TPSA) is 76.0 Å². The van der Waals surface area contributed by atoms with E-state index in [9.17, 15) is 4.79 Å². The van der Waals surface area contributed by atoms with Crippen LogP contribution in [0.3, 0.4) is 0 Å². The summed E-state index contributed by atoms with van der Waals surface area (Å²) in [6.07, 6.45) is 5.77. The number of para-hydroxylation sites is 1. The molecule has 3 heterocycles.